The van der Waals surface area contributed by atoms with Crippen LogP contribution in [0.4, 0.5) is 5.69 Å². The lowest BCUT2D eigenvalue weighted by atomic mass is 10.1. The lowest BCUT2D eigenvalue weighted by Gasteiger charge is -2.15. The standard InChI is InChI=1S/C14H21N3O/c1-4-11(8-15-3)9-16-12-5-6-14-13(7-12)17-10(2)18-14/h5-7,11,15-16H,4,8-9H2,1-3H3. The van der Waals surface area contributed by atoms with Crippen LogP contribution in [0.5, 0.6) is 0 Å². The van der Waals surface area contributed by atoms with Crippen LogP contribution in [0.3, 0.4) is 0 Å². The Balaban J connectivity index is 2.02. The van der Waals surface area contributed by atoms with Crippen LogP contribution < -0.4 is 10.6 Å². The maximum atomic E-state index is 5.46. The third kappa shape index (κ3) is 3.01. The van der Waals surface area contributed by atoms with Gasteiger partial charge in [0.1, 0.15) is 5.52 Å². The van der Waals surface area contributed by atoms with Crippen molar-refractivity contribution in [1.29, 1.82) is 0 Å². The first kappa shape index (κ1) is 12.9. The van der Waals surface area contributed by atoms with Crippen LogP contribution in [0.1, 0.15) is 19.2 Å². The quantitative estimate of drug-likeness (QED) is 0.824. The van der Waals surface area contributed by atoms with E-state index < -0.39 is 0 Å². The van der Waals surface area contributed by atoms with Crippen molar-refractivity contribution < 1.29 is 4.42 Å². The Kier molecular flexibility index (Phi) is 4.20. The average Bonchev–Trinajstić information content (AvgIpc) is 2.73. The normalized spacial score (nSPS) is 12.8. The van der Waals surface area contributed by atoms with E-state index in [9.17, 15) is 0 Å². The first-order valence-corrected chi connectivity index (χ1v) is 6.48. The summed E-state index contributed by atoms with van der Waals surface area (Å²) in [6, 6.07) is 6.05. The summed E-state index contributed by atoms with van der Waals surface area (Å²) in [5, 5.41) is 6.68. The van der Waals surface area contributed by atoms with Crippen LogP contribution >= 0.6 is 0 Å². The van der Waals surface area contributed by atoms with Crippen LogP contribution in [-0.2, 0) is 0 Å². The van der Waals surface area contributed by atoms with E-state index in [-0.39, 0.29) is 0 Å². The molecule has 0 saturated carbocycles. The predicted molar refractivity (Wildman–Crippen MR) is 74.9 cm³/mol. The van der Waals surface area contributed by atoms with Crippen LogP contribution in [0.25, 0.3) is 11.1 Å². The van der Waals surface area contributed by atoms with E-state index in [0.717, 1.165) is 29.9 Å². The minimum absolute atomic E-state index is 0.643. The first-order chi connectivity index (χ1) is 8.72. The zero-order chi connectivity index (χ0) is 13.0. The van der Waals surface area contributed by atoms with Crippen molar-refractivity contribution in [2.45, 2.75) is 20.3 Å². The summed E-state index contributed by atoms with van der Waals surface area (Å²) >= 11 is 0. The van der Waals surface area contributed by atoms with Gasteiger partial charge in [-0.25, -0.2) is 4.98 Å². The topological polar surface area (TPSA) is 50.1 Å². The van der Waals surface area contributed by atoms with Crippen LogP contribution in [-0.4, -0.2) is 25.1 Å². The van der Waals surface area contributed by atoms with Gasteiger partial charge in [0.15, 0.2) is 11.5 Å². The summed E-state index contributed by atoms with van der Waals surface area (Å²) in [4.78, 5) is 4.34. The number of anilines is 1. The van der Waals surface area contributed by atoms with Gasteiger partial charge in [-0.2, -0.15) is 0 Å². The van der Waals surface area contributed by atoms with Crippen molar-refractivity contribution in [2.24, 2.45) is 5.92 Å². The van der Waals surface area contributed by atoms with E-state index in [0.29, 0.717) is 11.8 Å². The van der Waals surface area contributed by atoms with Crippen molar-refractivity contribution in [3.8, 4) is 0 Å². The largest absolute Gasteiger partial charge is 0.441 e. The van der Waals surface area contributed by atoms with Crippen LogP contribution in [0.15, 0.2) is 22.6 Å². The third-order valence-corrected chi connectivity index (χ3v) is 3.16. The second-order valence-corrected chi connectivity index (χ2v) is 4.63. The maximum Gasteiger partial charge on any atom is 0.192 e. The fraction of sp³-hybridized carbons (Fsp3) is 0.500. The zero-order valence-corrected chi connectivity index (χ0v) is 11.3. The molecule has 4 nitrogen and oxygen atoms in total. The Hall–Kier alpha value is -1.55. The minimum Gasteiger partial charge on any atom is -0.441 e. The van der Waals surface area contributed by atoms with Gasteiger partial charge in [-0.15, -0.1) is 0 Å². The Morgan fingerprint density at radius 3 is 2.89 bits per heavy atom. The Bertz CT molecular complexity index is 507. The summed E-state index contributed by atoms with van der Waals surface area (Å²) in [6.07, 6.45) is 1.17. The monoisotopic (exact) mass is 247 g/mol. The molecule has 2 rings (SSSR count). The number of nitrogens with one attached hydrogen (secondary N) is 2. The van der Waals surface area contributed by atoms with E-state index in [1.807, 2.05) is 32.2 Å². The Morgan fingerprint density at radius 1 is 1.33 bits per heavy atom. The van der Waals surface area contributed by atoms with Gasteiger partial charge < -0.3 is 15.1 Å². The first-order valence-electron chi connectivity index (χ1n) is 6.48. The van der Waals surface area contributed by atoms with Crippen LogP contribution in [0.2, 0.25) is 0 Å². The highest BCUT2D eigenvalue weighted by Crippen LogP contribution is 2.20. The highest BCUT2D eigenvalue weighted by molar-refractivity contribution is 5.77. The van der Waals surface area contributed by atoms with E-state index >= 15 is 0 Å². The van der Waals surface area contributed by atoms with Gasteiger partial charge in [-0.05, 0) is 37.7 Å². The molecular weight excluding hydrogens is 226 g/mol. The molecule has 0 spiro atoms. The number of hydrogen-bond donors (Lipinski definition) is 2. The molecule has 0 aliphatic carbocycles. The van der Waals surface area contributed by atoms with E-state index in [1.165, 1.54) is 6.42 Å². The number of oxazole rings is 1. The summed E-state index contributed by atoms with van der Waals surface area (Å²) in [5.41, 5.74) is 2.87. The molecule has 1 atom stereocenters. The van der Waals surface area contributed by atoms with Gasteiger partial charge in [0.2, 0.25) is 0 Å². The minimum atomic E-state index is 0.643. The van der Waals surface area contributed by atoms with E-state index in [2.05, 4.69) is 22.5 Å². The molecule has 18 heavy (non-hydrogen) atoms. The average molecular weight is 247 g/mol. The summed E-state index contributed by atoms with van der Waals surface area (Å²) in [6.45, 7) is 6.09. The van der Waals surface area contributed by atoms with Crippen molar-refractivity contribution in [1.82, 2.24) is 10.3 Å². The Morgan fingerprint density at radius 2 is 2.17 bits per heavy atom. The molecule has 2 N–H and O–H groups in total. The molecule has 0 fully saturated rings. The van der Waals surface area contributed by atoms with Crippen molar-refractivity contribution in [2.75, 3.05) is 25.5 Å². The van der Waals surface area contributed by atoms with Crippen LogP contribution in [0, 0.1) is 12.8 Å². The van der Waals surface area contributed by atoms with Crippen molar-refractivity contribution >= 4 is 16.8 Å². The number of aryl methyl sites for hydroxylation is 1. The molecule has 0 aliphatic rings. The molecule has 0 saturated heterocycles. The molecule has 4 heteroatoms. The molecule has 98 valence electrons. The number of hydrogen-bond acceptors (Lipinski definition) is 4. The van der Waals surface area contributed by atoms with Gasteiger partial charge in [-0.1, -0.05) is 13.3 Å². The molecule has 0 amide bonds. The second-order valence-electron chi connectivity index (χ2n) is 4.63. The fourth-order valence-electron chi connectivity index (χ4n) is 2.06. The molecule has 1 unspecified atom stereocenters. The molecule has 0 bridgehead atoms. The third-order valence-electron chi connectivity index (χ3n) is 3.16. The molecular formula is C14H21N3O. The lowest BCUT2D eigenvalue weighted by molar-refractivity contribution is 0.507. The highest BCUT2D eigenvalue weighted by Gasteiger charge is 2.06. The van der Waals surface area contributed by atoms with Crippen molar-refractivity contribution in [3.05, 3.63) is 24.1 Å². The number of nitrogens with zero attached hydrogens (tertiary/aromatic N) is 1. The van der Waals surface area contributed by atoms with Gasteiger partial charge >= 0.3 is 0 Å². The second kappa shape index (κ2) is 5.87. The van der Waals surface area contributed by atoms with Crippen molar-refractivity contribution in [3.63, 3.8) is 0 Å². The van der Waals surface area contributed by atoms with Gasteiger partial charge in [0.25, 0.3) is 0 Å². The van der Waals surface area contributed by atoms with Gasteiger partial charge in [-0.3, -0.25) is 0 Å². The van der Waals surface area contributed by atoms with E-state index in [1.54, 1.807) is 0 Å². The highest BCUT2D eigenvalue weighted by atomic mass is 16.3. The molecule has 2 aromatic rings. The summed E-state index contributed by atoms with van der Waals surface area (Å²) < 4.78 is 5.46. The maximum absolute atomic E-state index is 5.46. The van der Waals surface area contributed by atoms with Gasteiger partial charge in [0.05, 0.1) is 0 Å². The predicted octanol–water partition coefficient (Wildman–Crippen LogP) is 2.79. The molecule has 1 heterocycles. The molecule has 0 aliphatic heterocycles. The lowest BCUT2D eigenvalue weighted by Crippen LogP contribution is -2.24. The number of aromatic nitrogens is 1. The number of benzene rings is 1. The summed E-state index contributed by atoms with van der Waals surface area (Å²) in [5.74, 6) is 1.36. The Labute approximate surface area is 108 Å². The smallest absolute Gasteiger partial charge is 0.192 e. The van der Waals surface area contributed by atoms with E-state index in [4.69, 9.17) is 4.42 Å². The number of rotatable bonds is 6. The summed E-state index contributed by atoms with van der Waals surface area (Å²) in [7, 11) is 1.99. The fourth-order valence-corrected chi connectivity index (χ4v) is 2.06. The van der Waals surface area contributed by atoms with Gasteiger partial charge in [0, 0.05) is 19.2 Å². The molecule has 1 aromatic heterocycles. The molecule has 1 aromatic carbocycles. The SMILES string of the molecule is CCC(CNC)CNc1ccc2oc(C)nc2c1. The zero-order valence-electron chi connectivity index (χ0n) is 11.3. The molecule has 0 radical (unpaired) electrons. The number of fused-ring (bicyclic) bond motifs is 1.